The van der Waals surface area contributed by atoms with Crippen molar-refractivity contribution in [2.45, 2.75) is 19.4 Å². The second kappa shape index (κ2) is 5.60. The Morgan fingerprint density at radius 2 is 2.31 bits per heavy atom. The van der Waals surface area contributed by atoms with E-state index in [2.05, 4.69) is 20.9 Å². The number of nitrogens with one attached hydrogen (secondary N) is 2. The largest absolute Gasteiger partial charge is 0.354 e. The Morgan fingerprint density at radius 1 is 1.50 bits per heavy atom. The number of rotatable bonds is 4. The van der Waals surface area contributed by atoms with Gasteiger partial charge in [-0.1, -0.05) is 5.21 Å². The van der Waals surface area contributed by atoms with Crippen molar-refractivity contribution in [2.75, 3.05) is 19.6 Å². The lowest BCUT2D eigenvalue weighted by Crippen LogP contribution is -2.39. The van der Waals surface area contributed by atoms with Gasteiger partial charge < -0.3 is 10.6 Å². The van der Waals surface area contributed by atoms with E-state index in [1.807, 2.05) is 0 Å². The normalized spacial score (nSPS) is 17.2. The SMILES string of the molecule is O=C(NCCn1ccnn1)C1CCNCC1. The van der Waals surface area contributed by atoms with Gasteiger partial charge >= 0.3 is 0 Å². The van der Waals surface area contributed by atoms with E-state index >= 15 is 0 Å². The van der Waals surface area contributed by atoms with Crippen LogP contribution >= 0.6 is 0 Å². The summed E-state index contributed by atoms with van der Waals surface area (Å²) in [5.74, 6) is 0.346. The summed E-state index contributed by atoms with van der Waals surface area (Å²) in [6.45, 7) is 3.19. The quantitative estimate of drug-likeness (QED) is 0.714. The van der Waals surface area contributed by atoms with E-state index in [1.165, 1.54) is 0 Å². The number of nitrogens with zero attached hydrogens (tertiary/aromatic N) is 3. The van der Waals surface area contributed by atoms with Gasteiger partial charge in [0.15, 0.2) is 0 Å². The van der Waals surface area contributed by atoms with Crippen LogP contribution in [0.2, 0.25) is 0 Å². The zero-order valence-electron chi connectivity index (χ0n) is 9.22. The molecule has 1 saturated heterocycles. The summed E-state index contributed by atoms with van der Waals surface area (Å²) in [6.07, 6.45) is 5.30. The van der Waals surface area contributed by atoms with Gasteiger partial charge in [-0.25, -0.2) is 0 Å². The van der Waals surface area contributed by atoms with Crippen LogP contribution in [0.25, 0.3) is 0 Å². The molecule has 0 spiro atoms. The van der Waals surface area contributed by atoms with E-state index in [9.17, 15) is 4.79 Å². The van der Waals surface area contributed by atoms with Crippen LogP contribution in [-0.2, 0) is 11.3 Å². The summed E-state index contributed by atoms with van der Waals surface area (Å²) < 4.78 is 1.71. The fourth-order valence-corrected chi connectivity index (χ4v) is 1.87. The Kier molecular flexibility index (Phi) is 3.87. The van der Waals surface area contributed by atoms with E-state index in [4.69, 9.17) is 0 Å². The molecule has 1 aliphatic heterocycles. The van der Waals surface area contributed by atoms with Crippen LogP contribution in [0.4, 0.5) is 0 Å². The Labute approximate surface area is 94.4 Å². The molecule has 1 fully saturated rings. The van der Waals surface area contributed by atoms with Gasteiger partial charge in [-0.15, -0.1) is 5.10 Å². The molecule has 2 N–H and O–H groups in total. The van der Waals surface area contributed by atoms with Crippen molar-refractivity contribution in [2.24, 2.45) is 5.92 Å². The molecule has 6 heteroatoms. The molecule has 6 nitrogen and oxygen atoms in total. The standard InChI is InChI=1S/C10H17N5O/c16-10(9-1-3-11-4-2-9)12-5-7-15-8-6-13-14-15/h6,8-9,11H,1-5,7H2,(H,12,16). The second-order valence-electron chi connectivity index (χ2n) is 3.98. The van der Waals surface area contributed by atoms with Gasteiger partial charge in [0, 0.05) is 18.7 Å². The van der Waals surface area contributed by atoms with Gasteiger partial charge in [-0.05, 0) is 25.9 Å². The van der Waals surface area contributed by atoms with Gasteiger partial charge in [-0.2, -0.15) is 0 Å². The molecule has 0 radical (unpaired) electrons. The van der Waals surface area contributed by atoms with E-state index in [0.29, 0.717) is 13.1 Å². The molecule has 2 rings (SSSR count). The molecular weight excluding hydrogens is 206 g/mol. The van der Waals surface area contributed by atoms with Crippen molar-refractivity contribution < 1.29 is 4.79 Å². The van der Waals surface area contributed by atoms with Crippen molar-refractivity contribution in [3.05, 3.63) is 12.4 Å². The molecule has 1 aromatic heterocycles. The Bertz CT molecular complexity index is 318. The predicted octanol–water partition coefficient (Wildman–Crippen LogP) is -0.606. The number of carbonyl (C=O) groups is 1. The average Bonchev–Trinajstić information content (AvgIpc) is 2.83. The number of hydrogen-bond acceptors (Lipinski definition) is 4. The highest BCUT2D eigenvalue weighted by molar-refractivity contribution is 5.78. The summed E-state index contributed by atoms with van der Waals surface area (Å²) >= 11 is 0. The second-order valence-corrected chi connectivity index (χ2v) is 3.98. The summed E-state index contributed by atoms with van der Waals surface area (Å²) in [5, 5.41) is 13.7. The van der Waals surface area contributed by atoms with Crippen molar-refractivity contribution >= 4 is 5.91 Å². The van der Waals surface area contributed by atoms with Crippen LogP contribution in [0.1, 0.15) is 12.8 Å². The molecule has 2 heterocycles. The molecule has 0 saturated carbocycles. The van der Waals surface area contributed by atoms with Crippen molar-refractivity contribution in [3.63, 3.8) is 0 Å². The van der Waals surface area contributed by atoms with E-state index in [-0.39, 0.29) is 11.8 Å². The molecule has 1 aliphatic rings. The van der Waals surface area contributed by atoms with Crippen molar-refractivity contribution in [3.8, 4) is 0 Å². The lowest BCUT2D eigenvalue weighted by atomic mass is 9.97. The van der Waals surface area contributed by atoms with Crippen LogP contribution in [0.3, 0.4) is 0 Å². The van der Waals surface area contributed by atoms with Gasteiger partial charge in [-0.3, -0.25) is 9.48 Å². The highest BCUT2D eigenvalue weighted by atomic mass is 16.1. The lowest BCUT2D eigenvalue weighted by Gasteiger charge is -2.21. The molecule has 88 valence electrons. The molecule has 1 amide bonds. The summed E-state index contributed by atoms with van der Waals surface area (Å²) in [5.41, 5.74) is 0. The minimum atomic E-state index is 0.168. The fraction of sp³-hybridized carbons (Fsp3) is 0.700. The first-order valence-corrected chi connectivity index (χ1v) is 5.69. The minimum absolute atomic E-state index is 0.168. The summed E-state index contributed by atoms with van der Waals surface area (Å²) in [4.78, 5) is 11.7. The zero-order chi connectivity index (χ0) is 11.2. The van der Waals surface area contributed by atoms with E-state index in [1.54, 1.807) is 17.1 Å². The van der Waals surface area contributed by atoms with E-state index < -0.39 is 0 Å². The number of amides is 1. The third-order valence-electron chi connectivity index (χ3n) is 2.82. The Balaban J connectivity index is 1.67. The molecule has 1 aromatic rings. The van der Waals surface area contributed by atoms with E-state index in [0.717, 1.165) is 25.9 Å². The average molecular weight is 223 g/mol. The highest BCUT2D eigenvalue weighted by Gasteiger charge is 2.19. The number of piperidine rings is 1. The Hall–Kier alpha value is -1.43. The predicted molar refractivity (Wildman–Crippen MR) is 58.6 cm³/mol. The summed E-state index contributed by atoms with van der Waals surface area (Å²) in [7, 11) is 0. The van der Waals surface area contributed by atoms with Crippen LogP contribution in [0.5, 0.6) is 0 Å². The maximum absolute atomic E-state index is 11.7. The van der Waals surface area contributed by atoms with Crippen molar-refractivity contribution in [1.29, 1.82) is 0 Å². The molecule has 16 heavy (non-hydrogen) atoms. The number of hydrogen-bond donors (Lipinski definition) is 2. The molecule has 0 unspecified atom stereocenters. The van der Waals surface area contributed by atoms with Gasteiger partial charge in [0.25, 0.3) is 0 Å². The lowest BCUT2D eigenvalue weighted by molar-refractivity contribution is -0.125. The molecule has 0 aliphatic carbocycles. The third-order valence-corrected chi connectivity index (χ3v) is 2.82. The molecular formula is C10H17N5O. The van der Waals surface area contributed by atoms with Gasteiger partial charge in [0.2, 0.25) is 5.91 Å². The summed E-state index contributed by atoms with van der Waals surface area (Å²) in [6, 6.07) is 0. The third kappa shape index (κ3) is 3.03. The maximum atomic E-state index is 11.7. The zero-order valence-corrected chi connectivity index (χ0v) is 9.22. The number of carbonyl (C=O) groups excluding carboxylic acids is 1. The Morgan fingerprint density at radius 3 is 3.00 bits per heavy atom. The van der Waals surface area contributed by atoms with Crippen LogP contribution in [-0.4, -0.2) is 40.5 Å². The topological polar surface area (TPSA) is 71.8 Å². The first-order valence-electron chi connectivity index (χ1n) is 5.69. The van der Waals surface area contributed by atoms with Gasteiger partial charge in [0.1, 0.15) is 0 Å². The first-order chi connectivity index (χ1) is 7.86. The van der Waals surface area contributed by atoms with Crippen LogP contribution in [0, 0.1) is 5.92 Å². The van der Waals surface area contributed by atoms with Crippen LogP contribution in [0.15, 0.2) is 12.4 Å². The molecule has 0 bridgehead atoms. The van der Waals surface area contributed by atoms with Crippen molar-refractivity contribution in [1.82, 2.24) is 25.6 Å². The highest BCUT2D eigenvalue weighted by Crippen LogP contribution is 2.10. The fourth-order valence-electron chi connectivity index (χ4n) is 1.87. The minimum Gasteiger partial charge on any atom is -0.354 e. The van der Waals surface area contributed by atoms with Crippen LogP contribution < -0.4 is 10.6 Å². The first kappa shape index (κ1) is 11.1. The monoisotopic (exact) mass is 223 g/mol. The smallest absolute Gasteiger partial charge is 0.223 e. The van der Waals surface area contributed by atoms with Gasteiger partial charge in [0.05, 0.1) is 12.7 Å². The molecule has 0 atom stereocenters. The molecule has 0 aromatic carbocycles. The number of aromatic nitrogens is 3. The maximum Gasteiger partial charge on any atom is 0.223 e.